The zero-order valence-corrected chi connectivity index (χ0v) is 18.5. The van der Waals surface area contributed by atoms with Crippen LogP contribution < -0.4 is 29.7 Å². The van der Waals surface area contributed by atoms with Gasteiger partial charge in [0, 0.05) is 36.5 Å². The number of hydrogen-bond acceptors (Lipinski definition) is 6. The molecule has 0 radical (unpaired) electrons. The van der Waals surface area contributed by atoms with Crippen molar-refractivity contribution in [3.63, 3.8) is 0 Å². The molecule has 0 aromatic heterocycles. The SMILES string of the molecule is COc1cc(NC(=O)C(C)NC(=O)C2CC(=O)N(c3ccccc3)C2)cc(OC)c1OC. The van der Waals surface area contributed by atoms with Gasteiger partial charge in [0.1, 0.15) is 6.04 Å². The lowest BCUT2D eigenvalue weighted by molar-refractivity contribution is -0.129. The molecule has 1 saturated heterocycles. The number of ether oxygens (including phenoxy) is 3. The summed E-state index contributed by atoms with van der Waals surface area (Å²) in [5.41, 5.74) is 1.18. The Balaban J connectivity index is 1.62. The average Bonchev–Trinajstić information content (AvgIpc) is 3.20. The summed E-state index contributed by atoms with van der Waals surface area (Å²) in [6.07, 6.45) is 0.0992. The summed E-state index contributed by atoms with van der Waals surface area (Å²) in [4.78, 5) is 39.3. The second-order valence-electron chi connectivity index (χ2n) is 7.37. The molecular weight excluding hydrogens is 414 g/mol. The van der Waals surface area contributed by atoms with E-state index in [9.17, 15) is 14.4 Å². The first kappa shape index (κ1) is 22.9. The Hall–Kier alpha value is -3.75. The van der Waals surface area contributed by atoms with Crippen molar-refractivity contribution in [2.24, 2.45) is 5.92 Å². The summed E-state index contributed by atoms with van der Waals surface area (Å²) < 4.78 is 15.8. The molecule has 32 heavy (non-hydrogen) atoms. The van der Waals surface area contributed by atoms with Gasteiger partial charge in [-0.15, -0.1) is 0 Å². The molecular formula is C23H27N3O6. The standard InChI is InChI=1S/C23H27N3O6/c1-14(22(28)25-16-11-18(30-2)21(32-4)19(12-16)31-3)24-23(29)15-10-20(27)26(13-15)17-8-6-5-7-9-17/h5-9,11-12,14-15H,10,13H2,1-4H3,(H,24,29)(H,25,28). The molecule has 2 atom stereocenters. The summed E-state index contributed by atoms with van der Waals surface area (Å²) in [6, 6.07) is 11.6. The molecule has 3 rings (SSSR count). The first-order chi connectivity index (χ1) is 15.4. The van der Waals surface area contributed by atoms with Crippen molar-refractivity contribution in [2.45, 2.75) is 19.4 Å². The van der Waals surface area contributed by atoms with Crippen molar-refractivity contribution < 1.29 is 28.6 Å². The van der Waals surface area contributed by atoms with Crippen LogP contribution in [0.2, 0.25) is 0 Å². The fourth-order valence-electron chi connectivity index (χ4n) is 3.54. The van der Waals surface area contributed by atoms with Crippen molar-refractivity contribution >= 4 is 29.1 Å². The zero-order valence-electron chi connectivity index (χ0n) is 18.5. The molecule has 9 heteroatoms. The van der Waals surface area contributed by atoms with Gasteiger partial charge >= 0.3 is 0 Å². The zero-order chi connectivity index (χ0) is 23.3. The third kappa shape index (κ3) is 4.93. The van der Waals surface area contributed by atoms with E-state index in [4.69, 9.17) is 14.2 Å². The Kier molecular flexibility index (Phi) is 7.19. The molecule has 0 aliphatic carbocycles. The number of rotatable bonds is 8. The minimum absolute atomic E-state index is 0.0992. The molecule has 9 nitrogen and oxygen atoms in total. The van der Waals surface area contributed by atoms with Crippen LogP contribution >= 0.6 is 0 Å². The molecule has 2 aromatic rings. The number of anilines is 2. The number of nitrogens with zero attached hydrogens (tertiary/aromatic N) is 1. The molecule has 1 heterocycles. The lowest BCUT2D eigenvalue weighted by Gasteiger charge is -2.19. The van der Waals surface area contributed by atoms with Crippen molar-refractivity contribution in [3.8, 4) is 17.2 Å². The third-order valence-electron chi connectivity index (χ3n) is 5.25. The molecule has 2 aromatic carbocycles. The van der Waals surface area contributed by atoms with Gasteiger partial charge in [-0.05, 0) is 19.1 Å². The second-order valence-corrected chi connectivity index (χ2v) is 7.37. The van der Waals surface area contributed by atoms with Crippen LogP contribution in [0.4, 0.5) is 11.4 Å². The number of amides is 3. The van der Waals surface area contributed by atoms with Gasteiger partial charge in [-0.1, -0.05) is 18.2 Å². The average molecular weight is 441 g/mol. The smallest absolute Gasteiger partial charge is 0.246 e. The van der Waals surface area contributed by atoms with Gasteiger partial charge < -0.3 is 29.7 Å². The van der Waals surface area contributed by atoms with Crippen LogP contribution in [0.15, 0.2) is 42.5 Å². The fourth-order valence-corrected chi connectivity index (χ4v) is 3.54. The maximum atomic E-state index is 12.7. The number of carbonyl (C=O) groups excluding carboxylic acids is 3. The highest BCUT2D eigenvalue weighted by Gasteiger charge is 2.36. The highest BCUT2D eigenvalue weighted by atomic mass is 16.5. The minimum atomic E-state index is -0.817. The lowest BCUT2D eigenvalue weighted by Crippen LogP contribution is -2.44. The van der Waals surface area contributed by atoms with Gasteiger partial charge in [0.25, 0.3) is 0 Å². The van der Waals surface area contributed by atoms with Crippen LogP contribution in [0.25, 0.3) is 0 Å². The molecule has 1 aliphatic rings. The summed E-state index contributed by atoms with van der Waals surface area (Å²) >= 11 is 0. The van der Waals surface area contributed by atoms with Crippen molar-refractivity contribution in [1.29, 1.82) is 0 Å². The molecule has 0 bridgehead atoms. The monoisotopic (exact) mass is 441 g/mol. The van der Waals surface area contributed by atoms with Crippen molar-refractivity contribution in [2.75, 3.05) is 38.1 Å². The molecule has 2 N–H and O–H groups in total. The van der Waals surface area contributed by atoms with Gasteiger partial charge in [-0.25, -0.2) is 0 Å². The molecule has 170 valence electrons. The van der Waals surface area contributed by atoms with E-state index >= 15 is 0 Å². The number of benzene rings is 2. The first-order valence-corrected chi connectivity index (χ1v) is 10.1. The topological polar surface area (TPSA) is 106 Å². The van der Waals surface area contributed by atoms with Crippen molar-refractivity contribution in [1.82, 2.24) is 5.32 Å². The van der Waals surface area contributed by atoms with E-state index in [-0.39, 0.29) is 24.8 Å². The lowest BCUT2D eigenvalue weighted by atomic mass is 10.1. The molecule has 3 amide bonds. The van der Waals surface area contributed by atoms with Crippen LogP contribution in [-0.4, -0.2) is 51.6 Å². The highest BCUT2D eigenvalue weighted by molar-refractivity contribution is 6.02. The Morgan fingerprint density at radius 2 is 1.66 bits per heavy atom. The Labute approximate surface area is 186 Å². The summed E-state index contributed by atoms with van der Waals surface area (Å²) in [7, 11) is 4.45. The van der Waals surface area contributed by atoms with E-state index in [2.05, 4.69) is 10.6 Å². The van der Waals surface area contributed by atoms with Gasteiger partial charge in [-0.3, -0.25) is 14.4 Å². The molecule has 0 spiro atoms. The number of carbonyl (C=O) groups is 3. The maximum Gasteiger partial charge on any atom is 0.246 e. The number of methoxy groups -OCH3 is 3. The van der Waals surface area contributed by atoms with Crippen LogP contribution in [0, 0.1) is 5.92 Å². The van der Waals surface area contributed by atoms with E-state index in [1.165, 1.54) is 21.3 Å². The van der Waals surface area contributed by atoms with Gasteiger partial charge in [0.15, 0.2) is 11.5 Å². The quantitative estimate of drug-likeness (QED) is 0.651. The normalized spacial score (nSPS) is 16.3. The summed E-state index contributed by atoms with van der Waals surface area (Å²) in [5, 5.41) is 5.43. The number of para-hydroxylation sites is 1. The van der Waals surface area contributed by atoms with Crippen LogP contribution in [0.1, 0.15) is 13.3 Å². The Morgan fingerprint density at radius 1 is 1.03 bits per heavy atom. The molecule has 2 unspecified atom stereocenters. The molecule has 0 saturated carbocycles. The largest absolute Gasteiger partial charge is 0.493 e. The second kappa shape index (κ2) is 10.0. The summed E-state index contributed by atoms with van der Waals surface area (Å²) in [5.74, 6) is -0.219. The van der Waals surface area contributed by atoms with Crippen LogP contribution in [-0.2, 0) is 14.4 Å². The predicted octanol–water partition coefficient (Wildman–Crippen LogP) is 2.21. The third-order valence-corrected chi connectivity index (χ3v) is 5.25. The van der Waals surface area contributed by atoms with Crippen LogP contribution in [0.3, 0.4) is 0 Å². The highest BCUT2D eigenvalue weighted by Crippen LogP contribution is 2.40. The summed E-state index contributed by atoms with van der Waals surface area (Å²) in [6.45, 7) is 1.85. The number of nitrogens with one attached hydrogen (secondary N) is 2. The van der Waals surface area contributed by atoms with Gasteiger partial charge in [0.2, 0.25) is 23.5 Å². The van der Waals surface area contributed by atoms with E-state index in [0.29, 0.717) is 22.9 Å². The maximum absolute atomic E-state index is 12.7. The van der Waals surface area contributed by atoms with Crippen LogP contribution in [0.5, 0.6) is 17.2 Å². The predicted molar refractivity (Wildman–Crippen MR) is 119 cm³/mol. The van der Waals surface area contributed by atoms with Gasteiger partial charge in [-0.2, -0.15) is 0 Å². The van der Waals surface area contributed by atoms with E-state index < -0.39 is 17.9 Å². The van der Waals surface area contributed by atoms with Crippen molar-refractivity contribution in [3.05, 3.63) is 42.5 Å². The van der Waals surface area contributed by atoms with E-state index in [1.807, 2.05) is 30.3 Å². The Morgan fingerprint density at radius 3 is 2.22 bits per heavy atom. The molecule has 1 fully saturated rings. The number of hydrogen-bond donors (Lipinski definition) is 2. The first-order valence-electron chi connectivity index (χ1n) is 10.1. The Bertz CT molecular complexity index is 969. The minimum Gasteiger partial charge on any atom is -0.493 e. The van der Waals surface area contributed by atoms with Gasteiger partial charge in [0.05, 0.1) is 27.2 Å². The van der Waals surface area contributed by atoms with E-state index in [0.717, 1.165) is 5.69 Å². The van der Waals surface area contributed by atoms with E-state index in [1.54, 1.807) is 24.0 Å². The molecule has 1 aliphatic heterocycles. The fraction of sp³-hybridized carbons (Fsp3) is 0.348.